The van der Waals surface area contributed by atoms with Gasteiger partial charge < -0.3 is 9.38 Å². The highest BCUT2D eigenvalue weighted by Crippen LogP contribution is 2.57. The van der Waals surface area contributed by atoms with E-state index in [1.54, 1.807) is 0 Å². The molecule has 324 valence electrons. The maximum absolute atomic E-state index is 2.76. The molecule has 4 heterocycles. The average molecular weight is 865 g/mol. The van der Waals surface area contributed by atoms with Crippen molar-refractivity contribution >= 4 is 82.5 Å². The van der Waals surface area contributed by atoms with E-state index in [2.05, 4.69) is 222 Å². The smallest absolute Gasteiger partial charge is 0.333 e. The molecule has 0 N–H and O–H groups in total. The van der Waals surface area contributed by atoms with Crippen molar-refractivity contribution in [2.75, 3.05) is 4.81 Å². The Morgan fingerprint density at radius 1 is 0.508 bits per heavy atom. The molecule has 12 rings (SSSR count). The van der Waals surface area contributed by atoms with Crippen LogP contribution in [-0.4, -0.2) is 11.4 Å². The number of thiophene rings is 1. The van der Waals surface area contributed by atoms with Gasteiger partial charge in [-0.15, -0.1) is 11.3 Å². The molecule has 0 fully saturated rings. The Balaban J connectivity index is 1.31. The van der Waals surface area contributed by atoms with Gasteiger partial charge in [0.1, 0.15) is 0 Å². The van der Waals surface area contributed by atoms with Crippen LogP contribution in [0, 0.1) is 0 Å². The van der Waals surface area contributed by atoms with Crippen LogP contribution in [0.2, 0.25) is 0 Å². The third-order valence-electron chi connectivity index (χ3n) is 15.6. The molecule has 2 aromatic heterocycles. The quantitative estimate of drug-likeness (QED) is 0.149. The molecule has 0 unspecified atom stereocenters. The molecule has 3 aliphatic rings. The van der Waals surface area contributed by atoms with E-state index in [0.29, 0.717) is 0 Å². The van der Waals surface area contributed by atoms with Gasteiger partial charge in [-0.1, -0.05) is 164 Å². The van der Waals surface area contributed by atoms with E-state index in [9.17, 15) is 0 Å². The van der Waals surface area contributed by atoms with Crippen LogP contribution in [0.3, 0.4) is 0 Å². The van der Waals surface area contributed by atoms with Gasteiger partial charge in [0.15, 0.2) is 0 Å². The van der Waals surface area contributed by atoms with Gasteiger partial charge in [0.25, 0.3) is 0 Å². The zero-order valence-corrected chi connectivity index (χ0v) is 41.7. The van der Waals surface area contributed by atoms with Crippen LogP contribution in [0.15, 0.2) is 115 Å². The topological polar surface area (TPSA) is 8.17 Å². The van der Waals surface area contributed by atoms with Crippen molar-refractivity contribution in [3.8, 4) is 27.9 Å². The minimum Gasteiger partial charge on any atom is -0.376 e. The molecule has 0 amide bonds. The highest BCUT2D eigenvalue weighted by molar-refractivity contribution is 7.27. The summed E-state index contributed by atoms with van der Waals surface area (Å²) in [5.74, 6) is 0. The molecule has 0 atom stereocenters. The number of nitrogens with zero attached hydrogens (tertiary/aromatic N) is 2. The first-order valence-corrected chi connectivity index (χ1v) is 24.7. The lowest BCUT2D eigenvalue weighted by molar-refractivity contribution is 0.584. The molecule has 2 nitrogen and oxygen atoms in total. The van der Waals surface area contributed by atoms with Gasteiger partial charge in [0, 0.05) is 59.0 Å². The Labute approximate surface area is 390 Å². The molecular formula is C61H61BN2S. The van der Waals surface area contributed by atoms with Gasteiger partial charge in [-0.05, 0) is 131 Å². The SMILES string of the molecule is CC(C)(C)c1ccc(N2B3c4cc(C(C)(C)C)ccc4-n4c5ccc(C(C)(C)C)cc5c5c6sc7ccccc7c6c(c3c54)-c3cc4c(cc32)-c2ccc(C(C)(C)C)cc2C4(C)C)cc1. The maximum atomic E-state index is 2.76. The number of rotatable bonds is 1. The Morgan fingerprint density at radius 2 is 1.11 bits per heavy atom. The lowest BCUT2D eigenvalue weighted by atomic mass is 9.43. The second-order valence-electron chi connectivity index (χ2n) is 24.3. The molecule has 7 aromatic carbocycles. The minimum atomic E-state index is -0.180. The number of anilines is 2. The van der Waals surface area contributed by atoms with Crippen LogP contribution in [0.5, 0.6) is 0 Å². The van der Waals surface area contributed by atoms with Crippen molar-refractivity contribution in [3.05, 3.63) is 149 Å². The Morgan fingerprint density at radius 3 is 1.80 bits per heavy atom. The molecule has 0 radical (unpaired) electrons. The summed E-state index contributed by atoms with van der Waals surface area (Å²) >= 11 is 1.99. The number of hydrogen-bond acceptors (Lipinski definition) is 2. The van der Waals surface area contributed by atoms with Crippen LogP contribution in [-0.2, 0) is 27.1 Å². The number of fused-ring (bicyclic) bond motifs is 16. The van der Waals surface area contributed by atoms with Crippen LogP contribution in [0.25, 0.3) is 69.9 Å². The van der Waals surface area contributed by atoms with Crippen LogP contribution >= 0.6 is 11.3 Å². The lowest BCUT2D eigenvalue weighted by Gasteiger charge is -2.43. The highest BCUT2D eigenvalue weighted by Gasteiger charge is 2.48. The van der Waals surface area contributed by atoms with Gasteiger partial charge in [0.2, 0.25) is 0 Å². The molecule has 0 saturated heterocycles. The molecule has 0 saturated carbocycles. The number of aromatic nitrogens is 1. The zero-order chi connectivity index (χ0) is 45.7. The first kappa shape index (κ1) is 40.9. The van der Waals surface area contributed by atoms with Crippen LogP contribution in [0.1, 0.15) is 130 Å². The minimum absolute atomic E-state index is 0.00565. The van der Waals surface area contributed by atoms with Crippen LogP contribution < -0.4 is 15.7 Å². The fourth-order valence-corrected chi connectivity index (χ4v) is 13.1. The van der Waals surface area contributed by atoms with Gasteiger partial charge in [0.05, 0.1) is 11.0 Å². The summed E-state index contributed by atoms with van der Waals surface area (Å²) in [6.07, 6.45) is 0. The summed E-state index contributed by atoms with van der Waals surface area (Å²) in [5, 5.41) is 5.51. The van der Waals surface area contributed by atoms with Crippen molar-refractivity contribution in [1.29, 1.82) is 0 Å². The lowest BCUT2D eigenvalue weighted by Crippen LogP contribution is -2.60. The predicted octanol–water partition coefficient (Wildman–Crippen LogP) is 15.9. The summed E-state index contributed by atoms with van der Waals surface area (Å²) in [4.78, 5) is 2.76. The van der Waals surface area contributed by atoms with Gasteiger partial charge >= 0.3 is 6.85 Å². The summed E-state index contributed by atoms with van der Waals surface area (Å²) in [6, 6.07) is 46.2. The Hall–Kier alpha value is -5.58. The van der Waals surface area contributed by atoms with E-state index in [-0.39, 0.29) is 33.9 Å². The van der Waals surface area contributed by atoms with Gasteiger partial charge in [-0.25, -0.2) is 0 Å². The molecule has 1 aliphatic carbocycles. The molecule has 0 bridgehead atoms. The number of benzene rings is 7. The van der Waals surface area contributed by atoms with Gasteiger partial charge in [-0.3, -0.25) is 0 Å². The summed E-state index contributed by atoms with van der Waals surface area (Å²) in [5.41, 5.74) is 22.9. The number of hydrogen-bond donors (Lipinski definition) is 0. The fourth-order valence-electron chi connectivity index (χ4n) is 11.8. The molecule has 0 spiro atoms. The van der Waals surface area contributed by atoms with E-state index in [1.165, 1.54) is 126 Å². The molecule has 65 heavy (non-hydrogen) atoms. The summed E-state index contributed by atoms with van der Waals surface area (Å²) in [7, 11) is 0. The van der Waals surface area contributed by atoms with Crippen molar-refractivity contribution in [3.63, 3.8) is 0 Å². The normalized spacial score (nSPS) is 15.3. The molecule has 2 aliphatic heterocycles. The Kier molecular flexibility index (Phi) is 8.09. The largest absolute Gasteiger partial charge is 0.376 e. The van der Waals surface area contributed by atoms with Crippen LogP contribution in [0.4, 0.5) is 11.4 Å². The Bertz CT molecular complexity index is 3550. The van der Waals surface area contributed by atoms with Crippen molar-refractivity contribution in [2.24, 2.45) is 0 Å². The molecular weight excluding hydrogens is 804 g/mol. The molecule has 4 heteroatoms. The van der Waals surface area contributed by atoms with E-state index in [0.717, 1.165) is 0 Å². The third-order valence-corrected chi connectivity index (χ3v) is 16.8. The fraction of sp³-hybridized carbons (Fsp3) is 0.311. The van der Waals surface area contributed by atoms with Crippen molar-refractivity contribution < 1.29 is 0 Å². The second kappa shape index (κ2) is 12.9. The van der Waals surface area contributed by atoms with Crippen molar-refractivity contribution in [1.82, 2.24) is 4.57 Å². The van der Waals surface area contributed by atoms with Crippen molar-refractivity contribution in [2.45, 2.75) is 124 Å². The van der Waals surface area contributed by atoms with E-state index in [1.807, 2.05) is 11.3 Å². The van der Waals surface area contributed by atoms with E-state index in [4.69, 9.17) is 0 Å². The maximum Gasteiger partial charge on any atom is 0.333 e. The van der Waals surface area contributed by atoms with E-state index >= 15 is 0 Å². The molecule has 9 aromatic rings. The highest BCUT2D eigenvalue weighted by atomic mass is 32.1. The second-order valence-corrected chi connectivity index (χ2v) is 25.3. The van der Waals surface area contributed by atoms with Gasteiger partial charge in [-0.2, -0.15) is 0 Å². The first-order chi connectivity index (χ1) is 30.5. The third kappa shape index (κ3) is 5.59. The standard InChI is InChI=1S/C61H61BN2S/c1-57(2,3)34-19-24-38(25-20-34)64-49-33-41-39-26-21-36(59(7,8)9)30-44(39)61(13,14)45(41)32-43(49)51-52-40-17-15-16-18-50(40)65-56(52)53-42-29-35(58(4,5)6)22-27-47(42)63-48-28-23-37(60(10,11)12)31-46(48)62(64)54(51)55(53)63/h15-33H,1-14H3. The summed E-state index contributed by atoms with van der Waals surface area (Å²) < 4.78 is 5.42. The first-order valence-electron chi connectivity index (χ1n) is 23.9. The average Bonchev–Trinajstić information content (AvgIpc) is 3.86. The summed E-state index contributed by atoms with van der Waals surface area (Å²) in [6.45, 7) is 33.0. The predicted molar refractivity (Wildman–Crippen MR) is 285 cm³/mol. The zero-order valence-electron chi connectivity index (χ0n) is 40.8. The monoisotopic (exact) mass is 864 g/mol. The van der Waals surface area contributed by atoms with E-state index < -0.39 is 0 Å².